The Morgan fingerprint density at radius 3 is 2.42 bits per heavy atom. The second-order valence-corrected chi connectivity index (χ2v) is 8.41. The van der Waals surface area contributed by atoms with Gasteiger partial charge < -0.3 is 29.0 Å². The molecule has 0 spiro atoms. The summed E-state index contributed by atoms with van der Waals surface area (Å²) in [7, 11) is -1.04. The number of carbonyl (C=O) groups is 1. The van der Waals surface area contributed by atoms with Crippen LogP contribution in [-0.4, -0.2) is 78.8 Å². The molecule has 0 aromatic carbocycles. The van der Waals surface area contributed by atoms with Crippen LogP contribution in [0.2, 0.25) is 0 Å². The van der Waals surface area contributed by atoms with Crippen LogP contribution in [0.4, 0.5) is 0 Å². The fourth-order valence-electron chi connectivity index (χ4n) is 3.55. The normalized spacial score (nSPS) is 16.2. The predicted octanol–water partition coefficient (Wildman–Crippen LogP) is -1.03. The minimum absolute atomic E-state index is 0.148. The summed E-state index contributed by atoms with van der Waals surface area (Å²) in [6.45, 7) is -0.470. The molecule has 1 heterocycles. The Balaban J connectivity index is 3.41. The third kappa shape index (κ3) is 5.04. The number of aliphatic hydroxyl groups is 2. The number of quaternary nitrogens is 1. The minimum atomic E-state index is -4.27. The zero-order valence-corrected chi connectivity index (χ0v) is 15.8. The number of hydrogen-bond acceptors (Lipinski definition) is 7. The molecule has 2 unspecified atom stereocenters. The van der Waals surface area contributed by atoms with E-state index in [0.717, 1.165) is 0 Å². The lowest BCUT2D eigenvalue weighted by atomic mass is 9.76. The van der Waals surface area contributed by atoms with Gasteiger partial charge in [-0.25, -0.2) is 0 Å². The lowest BCUT2D eigenvalue weighted by Crippen LogP contribution is -2.71. The molecule has 2 atom stereocenters. The predicted molar refractivity (Wildman–Crippen MR) is 90.6 cm³/mol. The zero-order valence-electron chi connectivity index (χ0n) is 15.0. The van der Waals surface area contributed by atoms with E-state index in [1.807, 2.05) is 0 Å². The molecule has 10 heteroatoms. The van der Waals surface area contributed by atoms with E-state index in [-0.39, 0.29) is 36.2 Å². The Morgan fingerprint density at radius 2 is 2.00 bits per heavy atom. The van der Waals surface area contributed by atoms with Gasteiger partial charge in [0.2, 0.25) is 0 Å². The largest absolute Gasteiger partial charge is 0.544 e. The van der Waals surface area contributed by atoms with Crippen molar-refractivity contribution in [1.82, 2.24) is 0 Å². The topological polar surface area (TPSA) is 148 Å². The Bertz CT molecular complexity index is 670. The van der Waals surface area contributed by atoms with Crippen LogP contribution in [-0.2, 0) is 14.9 Å². The van der Waals surface area contributed by atoms with Crippen LogP contribution < -0.4 is 5.11 Å². The van der Waals surface area contributed by atoms with E-state index < -0.39 is 39.9 Å². The first-order valence-electron chi connectivity index (χ1n) is 8.26. The van der Waals surface area contributed by atoms with E-state index in [0.29, 0.717) is 6.42 Å². The van der Waals surface area contributed by atoms with Gasteiger partial charge in [0.05, 0.1) is 39.3 Å². The number of carboxylic acids is 1. The molecule has 26 heavy (non-hydrogen) atoms. The standard InChI is InChI=1S/C16H27NO8S/c1-17(2,8-5-9-18)16(15(20)21,7-4-11-26(22,23)24)13(12-19)14-6-3-10-25-14/h3,6,10,13,18-19H,4-5,7-9,11-12H2,1-2H3,(H-,20,21,22,23,24). The molecule has 0 aliphatic carbocycles. The van der Waals surface area contributed by atoms with Gasteiger partial charge in [-0.15, -0.1) is 0 Å². The van der Waals surface area contributed by atoms with Gasteiger partial charge in [0.1, 0.15) is 17.6 Å². The van der Waals surface area contributed by atoms with Crippen LogP contribution in [0, 0.1) is 0 Å². The Hall–Kier alpha value is -1.46. The first kappa shape index (κ1) is 22.6. The van der Waals surface area contributed by atoms with Crippen molar-refractivity contribution in [2.45, 2.75) is 30.7 Å². The summed E-state index contributed by atoms with van der Waals surface area (Å²) >= 11 is 0. The number of aliphatic hydroxyl groups excluding tert-OH is 2. The Kier molecular flexibility index (Phi) is 7.78. The lowest BCUT2D eigenvalue weighted by molar-refractivity contribution is -0.937. The van der Waals surface area contributed by atoms with E-state index in [1.165, 1.54) is 12.3 Å². The molecule has 0 amide bonds. The summed E-state index contributed by atoms with van der Waals surface area (Å²) in [4.78, 5) is 12.3. The van der Waals surface area contributed by atoms with Crippen LogP contribution >= 0.6 is 0 Å². The van der Waals surface area contributed by atoms with Gasteiger partial charge in [0, 0.05) is 19.4 Å². The molecule has 9 nitrogen and oxygen atoms in total. The van der Waals surface area contributed by atoms with Crippen molar-refractivity contribution >= 4 is 16.1 Å². The van der Waals surface area contributed by atoms with Crippen LogP contribution in [0.15, 0.2) is 22.8 Å². The second kappa shape index (κ2) is 8.96. The summed E-state index contributed by atoms with van der Waals surface area (Å²) in [5.74, 6) is -2.85. The molecule has 0 saturated carbocycles. The first-order chi connectivity index (χ1) is 12.0. The number of rotatable bonds is 12. The van der Waals surface area contributed by atoms with Gasteiger partial charge in [-0.3, -0.25) is 4.55 Å². The quantitative estimate of drug-likeness (QED) is 0.302. The molecule has 0 fully saturated rings. The smallest absolute Gasteiger partial charge is 0.264 e. The summed E-state index contributed by atoms with van der Waals surface area (Å²) < 4.78 is 36.2. The fourth-order valence-corrected chi connectivity index (χ4v) is 4.05. The number of hydrogen-bond donors (Lipinski definition) is 3. The summed E-state index contributed by atoms with van der Waals surface area (Å²) in [5, 5.41) is 31.4. The average Bonchev–Trinajstić information content (AvgIpc) is 3.04. The maximum atomic E-state index is 12.3. The average molecular weight is 393 g/mol. The van der Waals surface area contributed by atoms with E-state index in [9.17, 15) is 23.4 Å². The van der Waals surface area contributed by atoms with Gasteiger partial charge in [-0.1, -0.05) is 0 Å². The summed E-state index contributed by atoms with van der Waals surface area (Å²) in [5.41, 5.74) is -1.73. The van der Waals surface area contributed by atoms with E-state index >= 15 is 0 Å². The molecule has 3 N–H and O–H groups in total. The molecular formula is C16H27NO8S. The Labute approximate surface area is 153 Å². The van der Waals surface area contributed by atoms with Crippen LogP contribution in [0.1, 0.15) is 30.9 Å². The third-order valence-electron chi connectivity index (χ3n) is 4.91. The molecular weight excluding hydrogens is 366 g/mol. The highest BCUT2D eigenvalue weighted by Gasteiger charge is 2.54. The number of aliphatic carboxylic acids is 1. The number of carboxylic acid groups (broad SMARTS) is 1. The van der Waals surface area contributed by atoms with Crippen molar-refractivity contribution in [1.29, 1.82) is 0 Å². The molecule has 0 bridgehead atoms. The van der Waals surface area contributed by atoms with Gasteiger partial charge in [0.25, 0.3) is 10.1 Å². The summed E-state index contributed by atoms with van der Waals surface area (Å²) in [6, 6.07) is 3.09. The van der Waals surface area contributed by atoms with Crippen molar-refractivity contribution in [2.24, 2.45) is 0 Å². The molecule has 0 radical (unpaired) electrons. The number of nitrogens with zero attached hydrogens (tertiary/aromatic N) is 1. The zero-order chi connectivity index (χ0) is 20.0. The van der Waals surface area contributed by atoms with Gasteiger partial charge >= 0.3 is 0 Å². The van der Waals surface area contributed by atoms with Crippen molar-refractivity contribution in [2.75, 3.05) is 39.6 Å². The van der Waals surface area contributed by atoms with Crippen LogP contribution in [0.3, 0.4) is 0 Å². The fraction of sp³-hybridized carbons (Fsp3) is 0.688. The van der Waals surface area contributed by atoms with E-state index in [1.54, 1.807) is 20.2 Å². The highest BCUT2D eigenvalue weighted by Crippen LogP contribution is 2.40. The summed E-state index contributed by atoms with van der Waals surface area (Å²) in [6.07, 6.45) is 1.32. The highest BCUT2D eigenvalue weighted by atomic mass is 32.2. The highest BCUT2D eigenvalue weighted by molar-refractivity contribution is 7.85. The van der Waals surface area contributed by atoms with Crippen molar-refractivity contribution in [3.05, 3.63) is 24.2 Å². The lowest BCUT2D eigenvalue weighted by Gasteiger charge is -2.52. The number of furan rings is 1. The van der Waals surface area contributed by atoms with E-state index in [2.05, 4.69) is 0 Å². The van der Waals surface area contributed by atoms with Gasteiger partial charge in [-0.05, 0) is 18.6 Å². The molecule has 150 valence electrons. The molecule has 0 saturated heterocycles. The van der Waals surface area contributed by atoms with Gasteiger partial charge in [0.15, 0.2) is 5.54 Å². The maximum absolute atomic E-state index is 12.3. The van der Waals surface area contributed by atoms with Gasteiger partial charge in [-0.2, -0.15) is 8.42 Å². The second-order valence-electron chi connectivity index (χ2n) is 6.84. The monoisotopic (exact) mass is 393 g/mol. The molecule has 0 aliphatic heterocycles. The van der Waals surface area contributed by atoms with E-state index in [4.69, 9.17) is 14.1 Å². The maximum Gasteiger partial charge on any atom is 0.264 e. The number of likely N-dealkylation sites (N-methyl/N-ethyl adjacent to an activating group) is 1. The molecule has 0 aliphatic rings. The van der Waals surface area contributed by atoms with Crippen molar-refractivity contribution in [3.63, 3.8) is 0 Å². The first-order valence-corrected chi connectivity index (χ1v) is 9.87. The minimum Gasteiger partial charge on any atom is -0.544 e. The third-order valence-corrected chi connectivity index (χ3v) is 5.72. The van der Waals surface area contributed by atoms with Crippen LogP contribution in [0.5, 0.6) is 0 Å². The Morgan fingerprint density at radius 1 is 1.35 bits per heavy atom. The molecule has 1 rings (SSSR count). The van der Waals surface area contributed by atoms with Crippen molar-refractivity contribution in [3.8, 4) is 0 Å². The van der Waals surface area contributed by atoms with Crippen LogP contribution in [0.25, 0.3) is 0 Å². The molecule has 1 aromatic heterocycles. The van der Waals surface area contributed by atoms with Crippen molar-refractivity contribution < 1.29 is 42.0 Å². The molecule has 1 aromatic rings. The SMILES string of the molecule is C[N+](C)(CCCO)C(CCCS(=O)(=O)O)(C(=O)[O-])C(CO)c1ccco1. The number of carbonyl (C=O) groups excluding carboxylic acids is 1.